The number of nitrogens with one attached hydrogen (secondary N) is 1. The van der Waals surface area contributed by atoms with Crippen LogP contribution in [-0.2, 0) is 4.74 Å². The summed E-state index contributed by atoms with van der Waals surface area (Å²) in [4.78, 5) is 20.0. The fourth-order valence-electron chi connectivity index (χ4n) is 2.54. The zero-order chi connectivity index (χ0) is 13.8. The number of hydrogen-bond donors (Lipinski definition) is 1. The van der Waals surface area contributed by atoms with Crippen LogP contribution >= 0.6 is 0 Å². The molecule has 0 aliphatic carbocycles. The molecule has 1 amide bonds. The molecule has 1 aromatic rings. The third kappa shape index (κ3) is 3.29. The average Bonchev–Trinajstić information content (AvgIpc) is 2.85. The normalized spacial score (nSPS) is 22.7. The van der Waals surface area contributed by atoms with Crippen molar-refractivity contribution in [2.24, 2.45) is 11.8 Å². The number of aryl methyl sites for hydroxylation is 1. The zero-order valence-corrected chi connectivity index (χ0v) is 11.7. The summed E-state index contributed by atoms with van der Waals surface area (Å²) in [5, 5.41) is 2.97. The second-order valence-corrected chi connectivity index (χ2v) is 5.36. The summed E-state index contributed by atoms with van der Waals surface area (Å²) < 4.78 is 5.71. The van der Waals surface area contributed by atoms with Crippen LogP contribution in [-0.4, -0.2) is 35.1 Å². The number of ether oxygens (including phenoxy) is 1. The highest BCUT2D eigenvalue weighted by molar-refractivity contribution is 5.94. The van der Waals surface area contributed by atoms with Gasteiger partial charge in [-0.15, -0.1) is 0 Å². The topological polar surface area (TPSA) is 64.1 Å². The molecule has 1 fully saturated rings. The van der Waals surface area contributed by atoms with Crippen molar-refractivity contribution in [3.63, 3.8) is 0 Å². The van der Waals surface area contributed by atoms with Crippen LogP contribution in [0.2, 0.25) is 0 Å². The molecule has 0 bridgehead atoms. The SMILES string of the molecule is Cc1ncncc1C(=O)NC[C@H]1CCO[C@@H]1C(C)C. The summed E-state index contributed by atoms with van der Waals surface area (Å²) in [5.41, 5.74) is 1.25. The van der Waals surface area contributed by atoms with Crippen molar-refractivity contribution < 1.29 is 9.53 Å². The summed E-state index contributed by atoms with van der Waals surface area (Å²) in [6.07, 6.45) is 4.26. The Hall–Kier alpha value is -1.49. The maximum atomic E-state index is 12.1. The molecule has 0 spiro atoms. The summed E-state index contributed by atoms with van der Waals surface area (Å²) in [6.45, 7) is 7.55. The van der Waals surface area contributed by atoms with Gasteiger partial charge in [-0.25, -0.2) is 9.97 Å². The highest BCUT2D eigenvalue weighted by Crippen LogP contribution is 2.26. The lowest BCUT2D eigenvalue weighted by Crippen LogP contribution is -2.35. The van der Waals surface area contributed by atoms with Gasteiger partial charge in [-0.2, -0.15) is 0 Å². The fraction of sp³-hybridized carbons (Fsp3) is 0.643. The van der Waals surface area contributed by atoms with Crippen LogP contribution in [0.1, 0.15) is 36.3 Å². The first-order chi connectivity index (χ1) is 9.09. The van der Waals surface area contributed by atoms with Crippen LogP contribution in [0.15, 0.2) is 12.5 Å². The number of hydrogen-bond acceptors (Lipinski definition) is 4. The first kappa shape index (κ1) is 13.9. The van der Waals surface area contributed by atoms with Gasteiger partial charge in [0, 0.05) is 25.3 Å². The van der Waals surface area contributed by atoms with Crippen molar-refractivity contribution in [3.8, 4) is 0 Å². The van der Waals surface area contributed by atoms with Crippen molar-refractivity contribution in [1.82, 2.24) is 15.3 Å². The second kappa shape index (κ2) is 6.10. The summed E-state index contributed by atoms with van der Waals surface area (Å²) in [7, 11) is 0. The number of carbonyl (C=O) groups excluding carboxylic acids is 1. The Morgan fingerprint density at radius 2 is 2.37 bits per heavy atom. The summed E-state index contributed by atoms with van der Waals surface area (Å²) in [6, 6.07) is 0. The lowest BCUT2D eigenvalue weighted by molar-refractivity contribution is 0.0533. The molecule has 1 saturated heterocycles. The molecular weight excluding hydrogens is 242 g/mol. The largest absolute Gasteiger partial charge is 0.378 e. The molecule has 2 heterocycles. The Balaban J connectivity index is 1.92. The van der Waals surface area contributed by atoms with Crippen molar-refractivity contribution in [2.75, 3.05) is 13.2 Å². The Morgan fingerprint density at radius 3 is 3.05 bits per heavy atom. The number of rotatable bonds is 4. The van der Waals surface area contributed by atoms with Gasteiger partial charge in [0.2, 0.25) is 0 Å². The van der Waals surface area contributed by atoms with Crippen LogP contribution < -0.4 is 5.32 Å². The predicted molar refractivity (Wildman–Crippen MR) is 71.8 cm³/mol. The molecule has 2 atom stereocenters. The Labute approximate surface area is 113 Å². The smallest absolute Gasteiger partial charge is 0.254 e. The quantitative estimate of drug-likeness (QED) is 0.895. The van der Waals surface area contributed by atoms with E-state index in [2.05, 4.69) is 29.1 Å². The third-order valence-electron chi connectivity index (χ3n) is 3.60. The lowest BCUT2D eigenvalue weighted by atomic mass is 9.93. The molecule has 1 N–H and O–H groups in total. The molecule has 1 aliphatic heterocycles. The Bertz CT molecular complexity index is 448. The van der Waals surface area contributed by atoms with E-state index in [1.807, 2.05) is 6.92 Å². The Morgan fingerprint density at radius 1 is 1.58 bits per heavy atom. The minimum atomic E-state index is -0.104. The lowest BCUT2D eigenvalue weighted by Gasteiger charge is -2.22. The monoisotopic (exact) mass is 263 g/mol. The second-order valence-electron chi connectivity index (χ2n) is 5.36. The van der Waals surface area contributed by atoms with Gasteiger partial charge in [0.05, 0.1) is 17.4 Å². The van der Waals surface area contributed by atoms with E-state index >= 15 is 0 Å². The maximum Gasteiger partial charge on any atom is 0.254 e. The van der Waals surface area contributed by atoms with Crippen molar-refractivity contribution >= 4 is 5.91 Å². The van der Waals surface area contributed by atoms with Gasteiger partial charge in [0.25, 0.3) is 5.91 Å². The fourth-order valence-corrected chi connectivity index (χ4v) is 2.54. The molecule has 1 aliphatic rings. The third-order valence-corrected chi connectivity index (χ3v) is 3.60. The molecule has 0 radical (unpaired) electrons. The van der Waals surface area contributed by atoms with Gasteiger partial charge < -0.3 is 10.1 Å². The van der Waals surface area contributed by atoms with Crippen LogP contribution in [0.5, 0.6) is 0 Å². The van der Waals surface area contributed by atoms with Crippen LogP contribution in [0.25, 0.3) is 0 Å². The minimum Gasteiger partial charge on any atom is -0.378 e. The molecule has 0 saturated carbocycles. The van der Waals surface area contributed by atoms with E-state index in [0.29, 0.717) is 29.6 Å². The van der Waals surface area contributed by atoms with Gasteiger partial charge in [-0.05, 0) is 19.3 Å². The van der Waals surface area contributed by atoms with Crippen molar-refractivity contribution in [1.29, 1.82) is 0 Å². The maximum absolute atomic E-state index is 12.1. The first-order valence-electron chi connectivity index (χ1n) is 6.76. The summed E-state index contributed by atoms with van der Waals surface area (Å²) in [5.74, 6) is 0.771. The standard InChI is InChI=1S/C14H21N3O2/c1-9(2)13-11(4-5-19-13)6-16-14(18)12-7-15-8-17-10(12)3/h7-9,11,13H,4-6H2,1-3H3,(H,16,18)/t11-,13-/m1/s1. The molecule has 0 unspecified atom stereocenters. The van der Waals surface area contributed by atoms with Crippen LogP contribution in [0, 0.1) is 18.8 Å². The first-order valence-corrected chi connectivity index (χ1v) is 6.76. The summed E-state index contributed by atoms with van der Waals surface area (Å²) >= 11 is 0. The van der Waals surface area contributed by atoms with Gasteiger partial charge in [0.1, 0.15) is 6.33 Å². The van der Waals surface area contributed by atoms with Crippen molar-refractivity contribution in [3.05, 3.63) is 23.8 Å². The number of aromatic nitrogens is 2. The van der Waals surface area contributed by atoms with Crippen LogP contribution in [0.4, 0.5) is 0 Å². The molecular formula is C14H21N3O2. The molecule has 19 heavy (non-hydrogen) atoms. The van der Waals surface area contributed by atoms with Gasteiger partial charge in [-0.1, -0.05) is 13.8 Å². The van der Waals surface area contributed by atoms with Gasteiger partial charge in [-0.3, -0.25) is 4.79 Å². The van der Waals surface area contributed by atoms with Crippen LogP contribution in [0.3, 0.4) is 0 Å². The van der Waals surface area contributed by atoms with E-state index in [-0.39, 0.29) is 12.0 Å². The number of amides is 1. The van der Waals surface area contributed by atoms with Gasteiger partial charge in [0.15, 0.2) is 0 Å². The molecule has 0 aromatic carbocycles. The van der Waals surface area contributed by atoms with E-state index in [1.54, 1.807) is 6.20 Å². The van der Waals surface area contributed by atoms with E-state index in [9.17, 15) is 4.79 Å². The van der Waals surface area contributed by atoms with E-state index in [4.69, 9.17) is 4.74 Å². The molecule has 5 nitrogen and oxygen atoms in total. The molecule has 5 heteroatoms. The van der Waals surface area contributed by atoms with E-state index in [0.717, 1.165) is 13.0 Å². The molecule has 1 aromatic heterocycles. The van der Waals surface area contributed by atoms with E-state index < -0.39 is 0 Å². The highest BCUT2D eigenvalue weighted by Gasteiger charge is 2.30. The number of carbonyl (C=O) groups is 1. The average molecular weight is 263 g/mol. The van der Waals surface area contributed by atoms with Gasteiger partial charge >= 0.3 is 0 Å². The molecule has 104 valence electrons. The molecule has 2 rings (SSSR count). The number of nitrogens with zero attached hydrogens (tertiary/aromatic N) is 2. The highest BCUT2D eigenvalue weighted by atomic mass is 16.5. The predicted octanol–water partition coefficient (Wildman–Crippen LogP) is 1.58. The van der Waals surface area contributed by atoms with Crippen molar-refractivity contribution in [2.45, 2.75) is 33.3 Å². The zero-order valence-electron chi connectivity index (χ0n) is 11.7. The Kier molecular flexibility index (Phi) is 4.47. The minimum absolute atomic E-state index is 0.104. The van der Waals surface area contributed by atoms with E-state index in [1.165, 1.54) is 6.33 Å².